The first-order valence-electron chi connectivity index (χ1n) is 8.92. The quantitative estimate of drug-likeness (QED) is 0.670. The van der Waals surface area contributed by atoms with Gasteiger partial charge in [0.1, 0.15) is 11.5 Å². The minimum absolute atomic E-state index is 0.0231. The molecule has 0 aliphatic rings. The number of rotatable bonds is 10. The lowest BCUT2D eigenvalue weighted by atomic mass is 10.1. The number of carboxylic acid groups (broad SMARTS) is 1. The molecule has 0 unspecified atom stereocenters. The molecule has 2 N–H and O–H groups in total. The molecule has 144 valence electrons. The van der Waals surface area contributed by atoms with E-state index in [0.29, 0.717) is 38.2 Å². The number of ether oxygens (including phenoxy) is 2. The van der Waals surface area contributed by atoms with Crippen LogP contribution < -0.4 is 14.8 Å². The summed E-state index contributed by atoms with van der Waals surface area (Å²) in [5.74, 6) is 0.319. The first-order valence-corrected chi connectivity index (χ1v) is 8.92. The average molecular weight is 371 g/mol. The van der Waals surface area contributed by atoms with Gasteiger partial charge in [0.05, 0.1) is 19.3 Å². The fourth-order valence-electron chi connectivity index (χ4n) is 2.69. The third kappa shape index (κ3) is 6.33. The zero-order chi connectivity index (χ0) is 19.6. The number of benzene rings is 2. The van der Waals surface area contributed by atoms with E-state index in [-0.39, 0.29) is 11.5 Å². The van der Waals surface area contributed by atoms with Crippen LogP contribution in [0.4, 0.5) is 0 Å². The normalized spacial score (nSPS) is 10.3. The molecule has 6 nitrogen and oxygen atoms in total. The van der Waals surface area contributed by atoms with Crippen LogP contribution in [0, 0.1) is 0 Å². The van der Waals surface area contributed by atoms with Crippen molar-refractivity contribution < 1.29 is 24.2 Å². The van der Waals surface area contributed by atoms with E-state index in [1.165, 1.54) is 19.2 Å². The van der Waals surface area contributed by atoms with E-state index in [9.17, 15) is 9.59 Å². The van der Waals surface area contributed by atoms with Crippen LogP contribution >= 0.6 is 0 Å². The Bertz CT molecular complexity index is 771. The fourth-order valence-corrected chi connectivity index (χ4v) is 2.69. The van der Waals surface area contributed by atoms with Gasteiger partial charge in [0.15, 0.2) is 0 Å². The van der Waals surface area contributed by atoms with Gasteiger partial charge in [-0.1, -0.05) is 18.2 Å². The van der Waals surface area contributed by atoms with Crippen LogP contribution in [0.2, 0.25) is 0 Å². The Balaban J connectivity index is 1.78. The van der Waals surface area contributed by atoms with Gasteiger partial charge in [0, 0.05) is 13.0 Å². The topological polar surface area (TPSA) is 84.9 Å². The fraction of sp³-hybridized carbons (Fsp3) is 0.333. The molecule has 0 bridgehead atoms. The van der Waals surface area contributed by atoms with E-state index in [1.54, 1.807) is 6.07 Å². The van der Waals surface area contributed by atoms with Crippen LogP contribution in [-0.2, 0) is 17.6 Å². The monoisotopic (exact) mass is 371 g/mol. The number of aromatic carboxylic acids is 1. The molecule has 0 spiro atoms. The lowest BCUT2D eigenvalue weighted by Gasteiger charge is -2.10. The molecule has 2 aromatic rings. The summed E-state index contributed by atoms with van der Waals surface area (Å²) in [6.07, 6.45) is 1.63. The van der Waals surface area contributed by atoms with Crippen molar-refractivity contribution in [3.05, 3.63) is 59.2 Å². The number of hydrogen-bond acceptors (Lipinski definition) is 4. The van der Waals surface area contributed by atoms with Crippen molar-refractivity contribution in [2.45, 2.75) is 26.2 Å². The van der Waals surface area contributed by atoms with E-state index in [2.05, 4.69) is 5.32 Å². The van der Waals surface area contributed by atoms with Crippen LogP contribution in [0.5, 0.6) is 11.5 Å². The van der Waals surface area contributed by atoms with Crippen molar-refractivity contribution in [3.8, 4) is 11.5 Å². The molecule has 2 aromatic carbocycles. The van der Waals surface area contributed by atoms with Crippen LogP contribution in [-0.4, -0.2) is 37.2 Å². The van der Waals surface area contributed by atoms with Gasteiger partial charge in [-0.15, -0.1) is 0 Å². The standard InChI is InChI=1S/C21H25NO5/c1-3-27-18-9-4-15(5-10-18)6-11-20(23)22-13-12-16-7-8-17(21(24)25)14-19(16)26-2/h4-5,7-10,14H,3,6,11-13H2,1-2H3,(H,22,23)(H,24,25). The largest absolute Gasteiger partial charge is 0.496 e. The Labute approximate surface area is 159 Å². The summed E-state index contributed by atoms with van der Waals surface area (Å²) in [7, 11) is 1.50. The predicted octanol–water partition coefficient (Wildman–Crippen LogP) is 3.08. The SMILES string of the molecule is CCOc1ccc(CCC(=O)NCCc2ccc(C(=O)O)cc2OC)cc1. The summed E-state index contributed by atoms with van der Waals surface area (Å²) in [6.45, 7) is 3.03. The third-order valence-electron chi connectivity index (χ3n) is 4.13. The molecule has 1 amide bonds. The molecule has 27 heavy (non-hydrogen) atoms. The number of methoxy groups -OCH3 is 1. The number of carboxylic acids is 1. The van der Waals surface area contributed by atoms with Gasteiger partial charge in [-0.3, -0.25) is 4.79 Å². The zero-order valence-corrected chi connectivity index (χ0v) is 15.7. The van der Waals surface area contributed by atoms with Gasteiger partial charge in [-0.05, 0) is 55.2 Å². The lowest BCUT2D eigenvalue weighted by Crippen LogP contribution is -2.26. The smallest absolute Gasteiger partial charge is 0.335 e. The highest BCUT2D eigenvalue weighted by molar-refractivity contribution is 5.88. The number of nitrogens with one attached hydrogen (secondary N) is 1. The maximum absolute atomic E-state index is 12.0. The van der Waals surface area contributed by atoms with Gasteiger partial charge in [0.2, 0.25) is 5.91 Å². The van der Waals surface area contributed by atoms with E-state index in [4.69, 9.17) is 14.6 Å². The Kier molecular flexibility index (Phi) is 7.67. The van der Waals surface area contributed by atoms with Gasteiger partial charge >= 0.3 is 5.97 Å². The van der Waals surface area contributed by atoms with Crippen molar-refractivity contribution in [1.82, 2.24) is 5.32 Å². The minimum atomic E-state index is -0.998. The van der Waals surface area contributed by atoms with Crippen LogP contribution in [0.3, 0.4) is 0 Å². The number of aryl methyl sites for hydroxylation is 1. The zero-order valence-electron chi connectivity index (χ0n) is 15.7. The summed E-state index contributed by atoms with van der Waals surface area (Å²) in [5.41, 5.74) is 2.11. The highest BCUT2D eigenvalue weighted by Crippen LogP contribution is 2.20. The molecule has 0 fully saturated rings. The Hall–Kier alpha value is -3.02. The first kappa shape index (κ1) is 20.3. The molecule has 0 aromatic heterocycles. The van der Waals surface area contributed by atoms with E-state index < -0.39 is 5.97 Å². The maximum atomic E-state index is 12.0. The predicted molar refractivity (Wildman–Crippen MR) is 103 cm³/mol. The van der Waals surface area contributed by atoms with Gasteiger partial charge in [-0.25, -0.2) is 4.79 Å². The molecule has 0 atom stereocenters. The molecule has 0 saturated carbocycles. The number of carbonyl (C=O) groups excluding carboxylic acids is 1. The average Bonchev–Trinajstić information content (AvgIpc) is 2.67. The Morgan fingerprint density at radius 1 is 1.07 bits per heavy atom. The second-order valence-electron chi connectivity index (χ2n) is 6.01. The second-order valence-corrected chi connectivity index (χ2v) is 6.01. The highest BCUT2D eigenvalue weighted by Gasteiger charge is 2.09. The Morgan fingerprint density at radius 2 is 1.81 bits per heavy atom. The molecule has 6 heteroatoms. The number of amides is 1. The number of carbonyl (C=O) groups is 2. The van der Waals surface area contributed by atoms with Crippen molar-refractivity contribution >= 4 is 11.9 Å². The summed E-state index contributed by atoms with van der Waals surface area (Å²) >= 11 is 0. The van der Waals surface area contributed by atoms with Crippen molar-refractivity contribution in [1.29, 1.82) is 0 Å². The van der Waals surface area contributed by atoms with E-state index >= 15 is 0 Å². The molecular formula is C21H25NO5. The summed E-state index contributed by atoms with van der Waals surface area (Å²) in [4.78, 5) is 23.0. The molecule has 0 radical (unpaired) electrons. The Morgan fingerprint density at radius 3 is 2.44 bits per heavy atom. The first-order chi connectivity index (χ1) is 13.0. The van der Waals surface area contributed by atoms with E-state index in [1.807, 2.05) is 31.2 Å². The molecule has 0 heterocycles. The summed E-state index contributed by atoms with van der Waals surface area (Å²) in [5, 5.41) is 11.9. The van der Waals surface area contributed by atoms with E-state index in [0.717, 1.165) is 16.9 Å². The van der Waals surface area contributed by atoms with Crippen LogP contribution in [0.1, 0.15) is 34.8 Å². The minimum Gasteiger partial charge on any atom is -0.496 e. The van der Waals surface area contributed by atoms with Crippen molar-refractivity contribution in [3.63, 3.8) is 0 Å². The third-order valence-corrected chi connectivity index (χ3v) is 4.13. The van der Waals surface area contributed by atoms with Crippen LogP contribution in [0.15, 0.2) is 42.5 Å². The second kappa shape index (κ2) is 10.2. The molecule has 2 rings (SSSR count). The van der Waals surface area contributed by atoms with Gasteiger partial charge < -0.3 is 19.9 Å². The van der Waals surface area contributed by atoms with Gasteiger partial charge in [-0.2, -0.15) is 0 Å². The lowest BCUT2D eigenvalue weighted by molar-refractivity contribution is -0.121. The molecule has 0 aliphatic heterocycles. The maximum Gasteiger partial charge on any atom is 0.335 e. The van der Waals surface area contributed by atoms with Crippen molar-refractivity contribution in [2.24, 2.45) is 0 Å². The highest BCUT2D eigenvalue weighted by atomic mass is 16.5. The summed E-state index contributed by atoms with van der Waals surface area (Å²) < 4.78 is 10.6. The van der Waals surface area contributed by atoms with Crippen molar-refractivity contribution in [2.75, 3.05) is 20.3 Å². The molecule has 0 saturated heterocycles. The molecule has 0 aliphatic carbocycles. The summed E-state index contributed by atoms with van der Waals surface area (Å²) in [6, 6.07) is 12.5. The number of hydrogen-bond donors (Lipinski definition) is 2. The van der Waals surface area contributed by atoms with Gasteiger partial charge in [0.25, 0.3) is 0 Å². The molecular weight excluding hydrogens is 346 g/mol. The van der Waals surface area contributed by atoms with Crippen LogP contribution in [0.25, 0.3) is 0 Å².